The topological polar surface area (TPSA) is 259 Å². The summed E-state index contributed by atoms with van der Waals surface area (Å²) in [5.41, 5.74) is -3.38. The molecule has 322 valence electrons. The molecule has 0 radical (unpaired) electrons. The fraction of sp³-hybridized carbons (Fsp3) is 0.951. The predicted molar refractivity (Wildman–Crippen MR) is 197 cm³/mol. The van der Waals surface area contributed by atoms with Crippen LogP contribution in [0.1, 0.15) is 87.0 Å². The van der Waals surface area contributed by atoms with Crippen LogP contribution in [0.4, 0.5) is 0 Å². The van der Waals surface area contributed by atoms with Gasteiger partial charge in [-0.15, -0.1) is 0 Å². The van der Waals surface area contributed by atoms with Crippen LogP contribution in [-0.2, 0) is 18.9 Å². The molecule has 0 unspecified atom stereocenters. The van der Waals surface area contributed by atoms with Gasteiger partial charge in [0.1, 0.15) is 42.7 Å². The molecule has 7 rings (SSSR count). The Morgan fingerprint density at radius 2 is 1.36 bits per heavy atom. The van der Waals surface area contributed by atoms with Crippen molar-refractivity contribution in [1.29, 1.82) is 0 Å². The molecule has 0 bridgehead atoms. The summed E-state index contributed by atoms with van der Waals surface area (Å²) in [6, 6.07) is 0. The van der Waals surface area contributed by atoms with Crippen LogP contribution in [0.25, 0.3) is 0 Å². The van der Waals surface area contributed by atoms with E-state index >= 15 is 0 Å². The highest BCUT2D eigenvalue weighted by molar-refractivity contribution is 5.38. The Hall–Kier alpha value is -0.860. The second kappa shape index (κ2) is 14.4. The van der Waals surface area contributed by atoms with Crippen LogP contribution in [-0.4, -0.2) is 162 Å². The van der Waals surface area contributed by atoms with Gasteiger partial charge in [-0.2, -0.15) is 0 Å². The number of allylic oxidation sites excluding steroid dienone is 1. The van der Waals surface area contributed by atoms with E-state index in [4.69, 9.17) is 18.9 Å². The molecule has 7 aliphatic rings. The number of fused-ring (bicyclic) bond motifs is 7. The summed E-state index contributed by atoms with van der Waals surface area (Å²) < 4.78 is 23.5. The molecule has 2 aliphatic heterocycles. The molecule has 11 N–H and O–H groups in total. The Kier molecular flexibility index (Phi) is 11.1. The Balaban J connectivity index is 1.12. The normalized spacial score (nSPS) is 56.5. The summed E-state index contributed by atoms with van der Waals surface area (Å²) in [6.07, 6.45) is -12.7. The van der Waals surface area contributed by atoms with Crippen LogP contribution in [0.2, 0.25) is 0 Å². The van der Waals surface area contributed by atoms with E-state index < -0.39 is 125 Å². The second-order valence-corrected chi connectivity index (χ2v) is 20.5. The number of rotatable bonds is 6. The van der Waals surface area contributed by atoms with E-state index in [9.17, 15) is 56.2 Å². The number of aliphatic hydroxyl groups excluding tert-OH is 11. The summed E-state index contributed by atoms with van der Waals surface area (Å²) in [7, 11) is 0. The lowest BCUT2D eigenvalue weighted by atomic mass is 9.32. The van der Waals surface area contributed by atoms with Crippen molar-refractivity contribution in [1.82, 2.24) is 0 Å². The van der Waals surface area contributed by atoms with Crippen molar-refractivity contribution in [3.63, 3.8) is 0 Å². The van der Waals surface area contributed by atoms with Gasteiger partial charge >= 0.3 is 0 Å². The molecule has 56 heavy (non-hydrogen) atoms. The van der Waals surface area contributed by atoms with Crippen LogP contribution in [0.15, 0.2) is 11.6 Å². The number of ether oxygens (including phenoxy) is 4. The van der Waals surface area contributed by atoms with Crippen LogP contribution in [0.3, 0.4) is 0 Å². The number of hydrogen-bond donors (Lipinski definition) is 11. The molecule has 4 saturated carbocycles. The van der Waals surface area contributed by atoms with Crippen molar-refractivity contribution in [2.75, 3.05) is 19.8 Å². The van der Waals surface area contributed by atoms with Gasteiger partial charge in [0.2, 0.25) is 0 Å². The third-order valence-electron chi connectivity index (χ3n) is 17.3. The summed E-state index contributed by atoms with van der Waals surface area (Å²) in [4.78, 5) is 0. The maximum absolute atomic E-state index is 12.3. The molecule has 6 fully saturated rings. The van der Waals surface area contributed by atoms with Gasteiger partial charge < -0.3 is 75.1 Å². The minimum Gasteiger partial charge on any atom is -0.396 e. The smallest absolute Gasteiger partial charge is 0.186 e. The SMILES string of the molecule is CC1(C)C[C@H]2C3=CC[C@@H]4[C@@]5(C)CC[C@H](O[C@@H]6O[C@H](CO[C@@H]7OC[C@H](O)[C@H](O)[C@H]7O)[C@@H](O)[C@H](O)[C@H]6O)C(C)(C)[C@@H]5CC[C@@]4(C)[C@]3(C)[C@@H](O)[C@@H](O)[C@@]2(CO)[C@@H](O)[C@@H]1O. The maximum Gasteiger partial charge on any atom is 0.186 e. The largest absolute Gasteiger partial charge is 0.396 e. The van der Waals surface area contributed by atoms with Crippen LogP contribution < -0.4 is 0 Å². The van der Waals surface area contributed by atoms with E-state index in [0.717, 1.165) is 18.4 Å². The maximum atomic E-state index is 12.3. The van der Waals surface area contributed by atoms with Crippen molar-refractivity contribution >= 4 is 0 Å². The lowest BCUT2D eigenvalue weighted by Gasteiger charge is -2.73. The highest BCUT2D eigenvalue weighted by Crippen LogP contribution is 2.75. The zero-order chi connectivity index (χ0) is 41.3. The van der Waals surface area contributed by atoms with Gasteiger partial charge in [0.05, 0.1) is 55.8 Å². The standard InChI is InChI=1S/C41H68O15/c1-36(2)14-19-18-8-9-23-38(5)12-11-24(56-35-29(48)27(46)26(45)21(55-35)16-54-34-28(47)25(44)20(43)15-53-34)37(3,4)22(38)10-13-39(23,6)40(18,7)31(50)33(52)41(19,17-42)32(51)30(36)49/h8,19-35,42-52H,9-17H2,1-7H3/t19-,20-,21+,22-,23+,24-,25-,26+,27-,28+,29+,30-,31-,32-,33+,34-,35-,38-,39+,40-,41+/m0/s1. The average Bonchev–Trinajstić information content (AvgIpc) is 3.14. The molecule has 0 aromatic heterocycles. The lowest BCUT2D eigenvalue weighted by molar-refractivity contribution is -0.341. The van der Waals surface area contributed by atoms with E-state index in [-0.39, 0.29) is 30.5 Å². The Morgan fingerprint density at radius 1 is 0.714 bits per heavy atom. The molecule has 2 saturated heterocycles. The van der Waals surface area contributed by atoms with E-state index in [1.165, 1.54) is 0 Å². The first-order valence-electron chi connectivity index (χ1n) is 20.6. The molecule has 15 heteroatoms. The zero-order valence-electron chi connectivity index (χ0n) is 33.8. The van der Waals surface area contributed by atoms with Crippen LogP contribution >= 0.6 is 0 Å². The second-order valence-electron chi connectivity index (χ2n) is 20.5. The van der Waals surface area contributed by atoms with E-state index in [1.807, 2.05) is 20.8 Å². The van der Waals surface area contributed by atoms with Gasteiger partial charge in [-0.25, -0.2) is 0 Å². The highest BCUT2D eigenvalue weighted by Gasteiger charge is 2.75. The van der Waals surface area contributed by atoms with Crippen molar-refractivity contribution in [2.45, 2.75) is 173 Å². The fourth-order valence-electron chi connectivity index (χ4n) is 13.6. The third kappa shape index (κ3) is 5.85. The van der Waals surface area contributed by atoms with Gasteiger partial charge in [0.15, 0.2) is 12.6 Å². The van der Waals surface area contributed by atoms with Gasteiger partial charge in [-0.05, 0) is 77.9 Å². The summed E-state index contributed by atoms with van der Waals surface area (Å²) in [5.74, 6) is -0.275. The van der Waals surface area contributed by atoms with Crippen molar-refractivity contribution in [3.8, 4) is 0 Å². The van der Waals surface area contributed by atoms with Gasteiger partial charge in [0.25, 0.3) is 0 Å². The number of hydrogen-bond acceptors (Lipinski definition) is 15. The van der Waals surface area contributed by atoms with Gasteiger partial charge in [0, 0.05) is 5.41 Å². The van der Waals surface area contributed by atoms with Crippen LogP contribution in [0, 0.1) is 50.2 Å². The Labute approximate surface area is 329 Å². The fourth-order valence-corrected chi connectivity index (χ4v) is 13.6. The minimum atomic E-state index is -1.63. The van der Waals surface area contributed by atoms with Crippen molar-refractivity contribution in [2.24, 2.45) is 50.2 Å². The van der Waals surface area contributed by atoms with E-state index in [0.29, 0.717) is 25.7 Å². The molecule has 15 nitrogen and oxygen atoms in total. The first-order valence-corrected chi connectivity index (χ1v) is 20.6. The monoisotopic (exact) mass is 800 g/mol. The molecule has 0 aromatic rings. The third-order valence-corrected chi connectivity index (χ3v) is 17.3. The zero-order valence-corrected chi connectivity index (χ0v) is 33.8. The Bertz CT molecular complexity index is 1490. The minimum absolute atomic E-state index is 0.0744. The van der Waals surface area contributed by atoms with Crippen molar-refractivity contribution in [3.05, 3.63) is 11.6 Å². The summed E-state index contributed by atoms with van der Waals surface area (Å²) in [5, 5.41) is 121. The summed E-state index contributed by atoms with van der Waals surface area (Å²) in [6.45, 7) is 13.4. The van der Waals surface area contributed by atoms with Gasteiger partial charge in [-0.3, -0.25) is 0 Å². The molecular formula is C41H68O15. The highest BCUT2D eigenvalue weighted by atomic mass is 16.7. The molecule has 0 aromatic carbocycles. The molecular weight excluding hydrogens is 732 g/mol. The molecule has 0 spiro atoms. The summed E-state index contributed by atoms with van der Waals surface area (Å²) >= 11 is 0. The number of aliphatic hydroxyl groups is 11. The lowest BCUT2D eigenvalue weighted by Crippen LogP contribution is -2.76. The van der Waals surface area contributed by atoms with Crippen LogP contribution in [0.5, 0.6) is 0 Å². The quantitative estimate of drug-likeness (QED) is 0.117. The van der Waals surface area contributed by atoms with E-state index in [2.05, 4.69) is 33.8 Å². The first kappa shape index (κ1) is 43.2. The molecule has 5 aliphatic carbocycles. The molecule has 21 atom stereocenters. The predicted octanol–water partition coefficient (Wildman–Crippen LogP) is -0.688. The molecule has 0 amide bonds. The average molecular weight is 801 g/mol. The molecule has 2 heterocycles. The van der Waals surface area contributed by atoms with Crippen molar-refractivity contribution < 1.29 is 75.1 Å². The first-order chi connectivity index (χ1) is 26.0. The van der Waals surface area contributed by atoms with E-state index in [1.54, 1.807) is 0 Å². The van der Waals surface area contributed by atoms with Gasteiger partial charge in [-0.1, -0.05) is 60.1 Å². The Morgan fingerprint density at radius 3 is 2.02 bits per heavy atom.